The second-order valence-electron chi connectivity index (χ2n) is 6.55. The molecule has 4 heteroatoms. The fourth-order valence-corrected chi connectivity index (χ4v) is 2.70. The summed E-state index contributed by atoms with van der Waals surface area (Å²) in [4.78, 5) is 22.0. The van der Waals surface area contributed by atoms with Gasteiger partial charge in [-0.15, -0.1) is 0 Å². The zero-order valence-corrected chi connectivity index (χ0v) is 15.9. The number of carbonyl (C=O) groups excluding carboxylic acids is 2. The fourth-order valence-electron chi connectivity index (χ4n) is 2.70. The van der Waals surface area contributed by atoms with E-state index < -0.39 is 0 Å². The normalized spacial score (nSPS) is 10.6. The van der Waals surface area contributed by atoms with Gasteiger partial charge >= 0.3 is 11.9 Å². The van der Waals surface area contributed by atoms with Crippen LogP contribution in [0.15, 0.2) is 0 Å². The smallest absolute Gasteiger partial charge is 0.305 e. The van der Waals surface area contributed by atoms with Gasteiger partial charge in [0.05, 0.1) is 0 Å². The summed E-state index contributed by atoms with van der Waals surface area (Å²) in [5, 5.41) is 0. The van der Waals surface area contributed by atoms with Crippen molar-refractivity contribution in [1.29, 1.82) is 0 Å². The summed E-state index contributed by atoms with van der Waals surface area (Å²) in [5.74, 6) is -0.534. The van der Waals surface area contributed by atoms with Crippen molar-refractivity contribution in [3.05, 3.63) is 0 Å². The van der Waals surface area contributed by atoms with Crippen LogP contribution in [0.3, 0.4) is 0 Å². The second-order valence-corrected chi connectivity index (χ2v) is 6.55. The van der Waals surface area contributed by atoms with Crippen molar-refractivity contribution >= 4 is 11.9 Å². The molecule has 0 rings (SSSR count). The van der Waals surface area contributed by atoms with Crippen LogP contribution in [0, 0.1) is 0 Å². The van der Waals surface area contributed by atoms with Crippen molar-refractivity contribution in [3.63, 3.8) is 0 Å². The minimum atomic E-state index is -0.345. The zero-order valence-electron chi connectivity index (χ0n) is 15.9. The van der Waals surface area contributed by atoms with Gasteiger partial charge in [-0.3, -0.25) is 9.59 Å². The first-order valence-corrected chi connectivity index (χ1v) is 9.95. The van der Waals surface area contributed by atoms with Crippen LogP contribution < -0.4 is 0 Å². The molecular weight excluding hydrogens is 304 g/mol. The summed E-state index contributed by atoms with van der Waals surface area (Å²) in [6.45, 7) is 3.92. The third-order valence-electron chi connectivity index (χ3n) is 4.14. The van der Waals surface area contributed by atoms with Crippen LogP contribution in [0.5, 0.6) is 0 Å². The lowest BCUT2D eigenvalue weighted by Gasteiger charge is -2.05. The molecule has 0 aliphatic carbocycles. The van der Waals surface area contributed by atoms with Gasteiger partial charge in [-0.2, -0.15) is 0 Å². The van der Waals surface area contributed by atoms with Gasteiger partial charge in [-0.1, -0.05) is 84.0 Å². The number of hydrogen-bond donors (Lipinski definition) is 0. The Morgan fingerprint density at radius 2 is 1.04 bits per heavy atom. The van der Waals surface area contributed by atoms with Crippen LogP contribution in [0.25, 0.3) is 0 Å². The molecule has 0 saturated heterocycles. The Balaban J connectivity index is 3.14. The number of unbranched alkanes of at least 4 members (excludes halogenated alkanes) is 12. The summed E-state index contributed by atoms with van der Waals surface area (Å²) >= 11 is 0. The van der Waals surface area contributed by atoms with Crippen LogP contribution >= 0.6 is 0 Å². The highest BCUT2D eigenvalue weighted by Gasteiger charge is 2.03. The average molecular weight is 343 g/mol. The topological polar surface area (TPSA) is 52.6 Å². The monoisotopic (exact) mass is 342 g/mol. The van der Waals surface area contributed by atoms with Crippen LogP contribution in [0.4, 0.5) is 0 Å². The van der Waals surface area contributed by atoms with Crippen LogP contribution in [-0.2, 0) is 19.1 Å². The Kier molecular flexibility index (Phi) is 17.5. The van der Waals surface area contributed by atoms with Gasteiger partial charge in [0.1, 0.15) is 13.2 Å². The number of ether oxygens (including phenoxy) is 2. The largest absolute Gasteiger partial charge is 0.462 e. The van der Waals surface area contributed by atoms with Gasteiger partial charge in [-0.25, -0.2) is 0 Å². The van der Waals surface area contributed by atoms with E-state index in [1.807, 2.05) is 0 Å². The van der Waals surface area contributed by atoms with Crippen LogP contribution in [0.1, 0.15) is 104 Å². The SMILES string of the molecule is CCCCCCCCCCCCCCCC(=O)OCCOC(C)=O. The van der Waals surface area contributed by atoms with E-state index in [-0.39, 0.29) is 25.2 Å². The van der Waals surface area contributed by atoms with Crippen molar-refractivity contribution in [3.8, 4) is 0 Å². The molecule has 0 N–H and O–H groups in total. The molecule has 4 nitrogen and oxygen atoms in total. The quantitative estimate of drug-likeness (QED) is 0.256. The Bertz CT molecular complexity index is 302. The average Bonchev–Trinajstić information content (AvgIpc) is 2.55. The van der Waals surface area contributed by atoms with E-state index >= 15 is 0 Å². The van der Waals surface area contributed by atoms with Crippen molar-refractivity contribution in [2.24, 2.45) is 0 Å². The van der Waals surface area contributed by atoms with Gasteiger partial charge in [0.25, 0.3) is 0 Å². The fraction of sp³-hybridized carbons (Fsp3) is 0.900. The van der Waals surface area contributed by atoms with Gasteiger partial charge in [0, 0.05) is 13.3 Å². The van der Waals surface area contributed by atoms with E-state index in [1.54, 1.807) is 0 Å². The summed E-state index contributed by atoms with van der Waals surface area (Å²) in [7, 11) is 0. The van der Waals surface area contributed by atoms with Crippen molar-refractivity contribution < 1.29 is 19.1 Å². The summed E-state index contributed by atoms with van der Waals surface area (Å²) < 4.78 is 9.68. The minimum Gasteiger partial charge on any atom is -0.462 e. The van der Waals surface area contributed by atoms with Crippen molar-refractivity contribution in [1.82, 2.24) is 0 Å². The van der Waals surface area contributed by atoms with E-state index in [2.05, 4.69) is 6.92 Å². The molecule has 0 unspecified atom stereocenters. The Hall–Kier alpha value is -1.06. The first-order chi connectivity index (χ1) is 11.7. The highest BCUT2D eigenvalue weighted by molar-refractivity contribution is 5.69. The molecule has 0 heterocycles. The first kappa shape index (κ1) is 22.9. The molecule has 24 heavy (non-hydrogen) atoms. The molecule has 0 aliphatic heterocycles. The molecule has 0 aromatic carbocycles. The third kappa shape index (κ3) is 19.0. The lowest BCUT2D eigenvalue weighted by Crippen LogP contribution is -2.12. The standard InChI is InChI=1S/C20H38O4/c1-3-4-5-6-7-8-9-10-11-12-13-14-15-16-20(22)24-18-17-23-19(2)21/h3-18H2,1-2H3. The van der Waals surface area contributed by atoms with Gasteiger partial charge in [0.2, 0.25) is 0 Å². The maximum Gasteiger partial charge on any atom is 0.305 e. The predicted octanol–water partition coefficient (Wildman–Crippen LogP) is 5.57. The van der Waals surface area contributed by atoms with E-state index in [0.29, 0.717) is 6.42 Å². The van der Waals surface area contributed by atoms with Crippen LogP contribution in [0.2, 0.25) is 0 Å². The Labute approximate surface area is 148 Å². The van der Waals surface area contributed by atoms with E-state index in [1.165, 1.54) is 77.6 Å². The van der Waals surface area contributed by atoms with Gasteiger partial charge < -0.3 is 9.47 Å². The maximum atomic E-state index is 11.4. The number of rotatable bonds is 17. The van der Waals surface area contributed by atoms with Gasteiger partial charge in [-0.05, 0) is 6.42 Å². The highest BCUT2D eigenvalue weighted by atomic mass is 16.6. The molecule has 0 saturated carbocycles. The molecule has 0 atom stereocenters. The molecule has 0 spiro atoms. The first-order valence-electron chi connectivity index (χ1n) is 9.95. The lowest BCUT2D eigenvalue weighted by molar-refractivity contribution is -0.151. The molecule has 0 fully saturated rings. The summed E-state index contributed by atoms with van der Waals surface area (Å²) in [6, 6.07) is 0. The molecular formula is C20H38O4. The molecule has 0 aromatic heterocycles. The predicted molar refractivity (Wildman–Crippen MR) is 97.9 cm³/mol. The van der Waals surface area contributed by atoms with E-state index in [0.717, 1.165) is 12.8 Å². The lowest BCUT2D eigenvalue weighted by atomic mass is 10.0. The van der Waals surface area contributed by atoms with E-state index in [9.17, 15) is 9.59 Å². The minimum absolute atomic E-state index is 0.152. The second kappa shape index (κ2) is 18.3. The molecule has 0 bridgehead atoms. The highest BCUT2D eigenvalue weighted by Crippen LogP contribution is 2.13. The van der Waals surface area contributed by atoms with Crippen molar-refractivity contribution in [2.75, 3.05) is 13.2 Å². The Morgan fingerprint density at radius 3 is 1.50 bits per heavy atom. The Morgan fingerprint density at radius 1 is 0.625 bits per heavy atom. The van der Waals surface area contributed by atoms with E-state index in [4.69, 9.17) is 9.47 Å². The summed E-state index contributed by atoms with van der Waals surface area (Å²) in [5.41, 5.74) is 0. The number of esters is 2. The maximum absolute atomic E-state index is 11.4. The van der Waals surface area contributed by atoms with Gasteiger partial charge in [0.15, 0.2) is 0 Å². The number of hydrogen-bond acceptors (Lipinski definition) is 4. The zero-order chi connectivity index (χ0) is 17.9. The molecule has 0 radical (unpaired) electrons. The van der Waals surface area contributed by atoms with Crippen LogP contribution in [-0.4, -0.2) is 25.2 Å². The number of carbonyl (C=O) groups is 2. The molecule has 0 aliphatic rings. The molecule has 0 aromatic rings. The molecule has 0 amide bonds. The summed E-state index contributed by atoms with van der Waals surface area (Å²) in [6.07, 6.45) is 17.3. The molecule has 142 valence electrons. The third-order valence-corrected chi connectivity index (χ3v) is 4.14. The van der Waals surface area contributed by atoms with Crippen molar-refractivity contribution in [2.45, 2.75) is 104 Å².